The van der Waals surface area contributed by atoms with Gasteiger partial charge in [0.25, 0.3) is 5.91 Å². The lowest BCUT2D eigenvalue weighted by Crippen LogP contribution is -2.33. The predicted octanol–water partition coefficient (Wildman–Crippen LogP) is 2.60. The van der Waals surface area contributed by atoms with E-state index in [1.54, 1.807) is 12.1 Å². The van der Waals surface area contributed by atoms with Gasteiger partial charge in [-0.1, -0.05) is 13.8 Å². The van der Waals surface area contributed by atoms with Crippen LogP contribution in [0.1, 0.15) is 43.5 Å². The number of anilines is 2. The number of benzene rings is 1. The maximum Gasteiger partial charge on any atom is 0.250 e. The van der Waals surface area contributed by atoms with Crippen LogP contribution >= 0.6 is 0 Å². The first-order chi connectivity index (χ1) is 8.97. The van der Waals surface area contributed by atoms with Crippen molar-refractivity contribution in [1.82, 2.24) is 0 Å². The van der Waals surface area contributed by atoms with Gasteiger partial charge in [-0.3, -0.25) is 4.79 Å². The van der Waals surface area contributed by atoms with Gasteiger partial charge in [-0.2, -0.15) is 0 Å². The van der Waals surface area contributed by atoms with Gasteiger partial charge >= 0.3 is 0 Å². The summed E-state index contributed by atoms with van der Waals surface area (Å²) in [6.07, 6.45) is 3.66. The van der Waals surface area contributed by atoms with Crippen LogP contribution < -0.4 is 16.8 Å². The van der Waals surface area contributed by atoms with Crippen LogP contribution in [0.2, 0.25) is 0 Å². The van der Waals surface area contributed by atoms with Crippen LogP contribution in [-0.2, 0) is 0 Å². The molecule has 0 aromatic heterocycles. The van der Waals surface area contributed by atoms with Crippen LogP contribution in [0.15, 0.2) is 18.2 Å². The molecule has 19 heavy (non-hydrogen) atoms. The Bertz CT molecular complexity index is 472. The minimum Gasteiger partial charge on any atom is -0.398 e. The highest BCUT2D eigenvalue weighted by Gasteiger charge is 2.25. The molecule has 1 fully saturated rings. The summed E-state index contributed by atoms with van der Waals surface area (Å²) in [6, 6.07) is 5.86. The third kappa shape index (κ3) is 3.19. The van der Waals surface area contributed by atoms with Crippen molar-refractivity contribution in [3.05, 3.63) is 23.8 Å². The van der Waals surface area contributed by atoms with Crippen molar-refractivity contribution in [2.75, 3.05) is 11.1 Å². The first-order valence-electron chi connectivity index (χ1n) is 6.93. The lowest BCUT2D eigenvalue weighted by Gasteiger charge is -2.34. The van der Waals surface area contributed by atoms with Crippen LogP contribution in [0.25, 0.3) is 0 Å². The van der Waals surface area contributed by atoms with Crippen LogP contribution in [0.4, 0.5) is 11.4 Å². The van der Waals surface area contributed by atoms with E-state index in [1.165, 1.54) is 19.3 Å². The largest absolute Gasteiger partial charge is 0.398 e. The van der Waals surface area contributed by atoms with Crippen molar-refractivity contribution in [3.63, 3.8) is 0 Å². The Morgan fingerprint density at radius 2 is 2.05 bits per heavy atom. The number of carbonyl (C=O) groups excluding carboxylic acids is 1. The van der Waals surface area contributed by atoms with E-state index in [4.69, 9.17) is 11.5 Å². The van der Waals surface area contributed by atoms with Crippen molar-refractivity contribution in [2.24, 2.45) is 17.6 Å². The molecule has 4 nitrogen and oxygen atoms in total. The van der Waals surface area contributed by atoms with E-state index in [2.05, 4.69) is 19.2 Å². The molecular weight excluding hydrogens is 238 g/mol. The number of nitrogen functional groups attached to an aromatic ring is 1. The number of rotatable bonds is 3. The normalized spacial score (nSPS) is 26.9. The Morgan fingerprint density at radius 3 is 2.68 bits per heavy atom. The second kappa shape index (κ2) is 5.51. The van der Waals surface area contributed by atoms with E-state index in [1.807, 2.05) is 6.07 Å². The van der Waals surface area contributed by atoms with E-state index in [-0.39, 0.29) is 0 Å². The van der Waals surface area contributed by atoms with Gasteiger partial charge in [0.2, 0.25) is 0 Å². The Balaban J connectivity index is 2.11. The summed E-state index contributed by atoms with van der Waals surface area (Å²) in [5, 5.41) is 3.51. The van der Waals surface area contributed by atoms with E-state index in [9.17, 15) is 4.79 Å². The van der Waals surface area contributed by atoms with Crippen LogP contribution in [0, 0.1) is 11.8 Å². The van der Waals surface area contributed by atoms with Gasteiger partial charge in [0.15, 0.2) is 0 Å². The topological polar surface area (TPSA) is 81.1 Å². The average molecular weight is 261 g/mol. The third-order valence-electron chi connectivity index (χ3n) is 4.10. The number of nitrogens with two attached hydrogens (primary N) is 2. The minimum absolute atomic E-state index is 0.391. The van der Waals surface area contributed by atoms with Crippen molar-refractivity contribution in [1.29, 1.82) is 0 Å². The molecule has 1 aliphatic carbocycles. The summed E-state index contributed by atoms with van der Waals surface area (Å²) < 4.78 is 0. The minimum atomic E-state index is -0.480. The monoisotopic (exact) mass is 261 g/mol. The Morgan fingerprint density at radius 1 is 1.32 bits per heavy atom. The quantitative estimate of drug-likeness (QED) is 0.731. The lowest BCUT2D eigenvalue weighted by atomic mass is 9.80. The van der Waals surface area contributed by atoms with E-state index >= 15 is 0 Å². The molecule has 104 valence electrons. The highest BCUT2D eigenvalue weighted by atomic mass is 16.1. The van der Waals surface area contributed by atoms with Gasteiger partial charge in [-0.05, 0) is 49.3 Å². The van der Waals surface area contributed by atoms with Crippen LogP contribution in [0.5, 0.6) is 0 Å². The third-order valence-corrected chi connectivity index (χ3v) is 4.10. The fraction of sp³-hybridized carbons (Fsp3) is 0.533. The zero-order valence-corrected chi connectivity index (χ0v) is 11.6. The molecule has 0 spiro atoms. The SMILES string of the molecule is CC1CCC(Nc2ccc(N)c(C(N)=O)c2)C(C)C1. The maximum absolute atomic E-state index is 11.3. The number of nitrogens with one attached hydrogen (secondary N) is 1. The average Bonchev–Trinajstić information content (AvgIpc) is 2.34. The molecule has 1 aromatic rings. The van der Waals surface area contributed by atoms with Gasteiger partial charge in [-0.25, -0.2) is 0 Å². The van der Waals surface area contributed by atoms with E-state index in [0.717, 1.165) is 11.6 Å². The summed E-state index contributed by atoms with van der Waals surface area (Å²) >= 11 is 0. The zero-order valence-electron chi connectivity index (χ0n) is 11.6. The Kier molecular flexibility index (Phi) is 3.98. The Hall–Kier alpha value is -1.71. The predicted molar refractivity (Wildman–Crippen MR) is 79.0 cm³/mol. The number of amides is 1. The molecule has 2 rings (SSSR count). The molecule has 0 heterocycles. The smallest absolute Gasteiger partial charge is 0.250 e. The van der Waals surface area contributed by atoms with E-state index < -0.39 is 5.91 Å². The molecule has 1 aliphatic rings. The summed E-state index contributed by atoms with van der Waals surface area (Å²) in [6.45, 7) is 4.58. The van der Waals surface area contributed by atoms with Gasteiger partial charge in [0.1, 0.15) is 0 Å². The molecule has 1 saturated carbocycles. The molecule has 0 bridgehead atoms. The van der Waals surface area contributed by atoms with Crippen LogP contribution in [0.3, 0.4) is 0 Å². The second-order valence-corrected chi connectivity index (χ2v) is 5.81. The summed E-state index contributed by atoms with van der Waals surface area (Å²) in [4.78, 5) is 11.3. The molecule has 0 saturated heterocycles. The van der Waals surface area contributed by atoms with Gasteiger partial charge in [0.05, 0.1) is 5.56 Å². The van der Waals surface area contributed by atoms with Gasteiger partial charge < -0.3 is 16.8 Å². The summed E-state index contributed by atoms with van der Waals surface area (Å²) in [7, 11) is 0. The molecule has 4 heteroatoms. The number of hydrogen-bond acceptors (Lipinski definition) is 3. The molecule has 0 radical (unpaired) electrons. The van der Waals surface area contributed by atoms with Crippen molar-refractivity contribution < 1.29 is 4.79 Å². The number of carbonyl (C=O) groups is 1. The standard InChI is InChI=1S/C15H23N3O/c1-9-3-6-14(10(2)7-9)18-11-4-5-13(16)12(8-11)15(17)19/h4-5,8-10,14,18H,3,6-7,16H2,1-2H3,(H2,17,19). The van der Waals surface area contributed by atoms with Crippen molar-refractivity contribution in [3.8, 4) is 0 Å². The maximum atomic E-state index is 11.3. The molecule has 1 amide bonds. The first kappa shape index (κ1) is 13.7. The van der Waals surface area contributed by atoms with Gasteiger partial charge in [-0.15, -0.1) is 0 Å². The Labute approximate surface area is 114 Å². The molecule has 5 N–H and O–H groups in total. The van der Waals surface area contributed by atoms with Crippen molar-refractivity contribution in [2.45, 2.75) is 39.2 Å². The zero-order chi connectivity index (χ0) is 14.0. The number of hydrogen-bond donors (Lipinski definition) is 3. The highest BCUT2D eigenvalue weighted by molar-refractivity contribution is 5.98. The molecular formula is C15H23N3O. The number of primary amides is 1. The molecule has 3 unspecified atom stereocenters. The highest BCUT2D eigenvalue weighted by Crippen LogP contribution is 2.31. The fourth-order valence-corrected chi connectivity index (χ4v) is 2.95. The summed E-state index contributed by atoms with van der Waals surface area (Å²) in [5.41, 5.74) is 12.8. The first-order valence-corrected chi connectivity index (χ1v) is 6.93. The fourth-order valence-electron chi connectivity index (χ4n) is 2.95. The lowest BCUT2D eigenvalue weighted by molar-refractivity contribution is 0.100. The van der Waals surface area contributed by atoms with Crippen LogP contribution in [-0.4, -0.2) is 11.9 Å². The summed E-state index contributed by atoms with van der Waals surface area (Å²) in [5.74, 6) is 0.963. The van der Waals surface area contributed by atoms with Crippen molar-refractivity contribution >= 4 is 17.3 Å². The second-order valence-electron chi connectivity index (χ2n) is 5.81. The molecule has 0 aliphatic heterocycles. The molecule has 3 atom stereocenters. The van der Waals surface area contributed by atoms with Gasteiger partial charge in [0, 0.05) is 17.4 Å². The molecule has 1 aromatic carbocycles. The van der Waals surface area contributed by atoms with E-state index in [0.29, 0.717) is 23.2 Å².